The molecule has 0 spiro atoms. The molecule has 1 radical (unpaired) electrons. The smallest absolute Gasteiger partial charge is 0.0251 e. The number of hydrogen-bond donors (Lipinski definition) is 0. The minimum Gasteiger partial charge on any atom is -0.299 e. The zero-order valence-corrected chi connectivity index (χ0v) is 6.55. The van der Waals surface area contributed by atoms with Crippen molar-refractivity contribution in [2.24, 2.45) is 5.92 Å². The lowest BCUT2D eigenvalue weighted by Crippen LogP contribution is -2.33. The number of hydrogen-bond acceptors (Lipinski definition) is 1. The summed E-state index contributed by atoms with van der Waals surface area (Å²) in [5.74, 6) is 1.07. The normalized spacial score (nSPS) is 40.8. The van der Waals surface area contributed by atoms with Gasteiger partial charge in [0.15, 0.2) is 0 Å². The minimum absolute atomic E-state index is 1.07. The first-order valence-corrected chi connectivity index (χ1v) is 4.52. The Kier molecular flexibility index (Phi) is 1.94. The number of nitrogens with zero attached hydrogens (tertiary/aromatic N) is 1. The summed E-state index contributed by atoms with van der Waals surface area (Å²) < 4.78 is 0. The van der Waals surface area contributed by atoms with Gasteiger partial charge in [-0.25, -0.2) is 0 Å². The maximum Gasteiger partial charge on any atom is 0.0251 e. The van der Waals surface area contributed by atoms with E-state index >= 15 is 0 Å². The van der Waals surface area contributed by atoms with Crippen LogP contribution in [0.5, 0.6) is 0 Å². The summed E-state index contributed by atoms with van der Waals surface area (Å²) in [6, 6.07) is 0. The lowest BCUT2D eigenvalue weighted by molar-refractivity contribution is 0.185. The molecule has 0 aromatic heterocycles. The van der Waals surface area contributed by atoms with Gasteiger partial charge >= 0.3 is 0 Å². The van der Waals surface area contributed by atoms with E-state index in [4.69, 9.17) is 0 Å². The van der Waals surface area contributed by atoms with Crippen molar-refractivity contribution in [1.82, 2.24) is 4.90 Å². The van der Waals surface area contributed by atoms with E-state index in [1.54, 1.807) is 0 Å². The molecule has 0 amide bonds. The van der Waals surface area contributed by atoms with E-state index in [9.17, 15) is 0 Å². The molecular weight excluding hydrogens is 122 g/mol. The largest absolute Gasteiger partial charge is 0.299 e. The summed E-state index contributed by atoms with van der Waals surface area (Å²) in [5.41, 5.74) is 0. The third-order valence-electron chi connectivity index (χ3n) is 2.85. The SMILES string of the molecule is [CH]1CCCC2CCN1CC2. The summed E-state index contributed by atoms with van der Waals surface area (Å²) in [6.45, 7) is 5.09. The topological polar surface area (TPSA) is 3.24 Å². The van der Waals surface area contributed by atoms with Gasteiger partial charge in [0, 0.05) is 6.54 Å². The Hall–Kier alpha value is -0.0400. The molecule has 10 heavy (non-hydrogen) atoms. The highest BCUT2D eigenvalue weighted by atomic mass is 15.1. The standard InChI is InChI=1S/C9H16N/c1-2-6-10-7-4-9(3-1)5-8-10/h6,9H,1-5,7-8H2. The van der Waals surface area contributed by atoms with E-state index in [-0.39, 0.29) is 0 Å². The van der Waals surface area contributed by atoms with E-state index in [1.165, 1.54) is 45.2 Å². The molecule has 3 saturated heterocycles. The summed E-state index contributed by atoms with van der Waals surface area (Å²) in [7, 11) is 0. The molecule has 3 heterocycles. The van der Waals surface area contributed by atoms with Gasteiger partial charge in [-0.2, -0.15) is 0 Å². The Morgan fingerprint density at radius 3 is 2.70 bits per heavy atom. The van der Waals surface area contributed by atoms with Gasteiger partial charge in [0.1, 0.15) is 0 Å². The van der Waals surface area contributed by atoms with Crippen LogP contribution in [0.3, 0.4) is 0 Å². The maximum atomic E-state index is 2.51. The second-order valence-corrected chi connectivity index (χ2v) is 3.59. The summed E-state index contributed by atoms with van der Waals surface area (Å²) in [4.78, 5) is 2.51. The van der Waals surface area contributed by atoms with E-state index in [1.807, 2.05) is 0 Å². The summed E-state index contributed by atoms with van der Waals surface area (Å²) >= 11 is 0. The van der Waals surface area contributed by atoms with Crippen LogP contribution in [0.4, 0.5) is 0 Å². The quantitative estimate of drug-likeness (QED) is 0.495. The number of fused-ring (bicyclic) bond motifs is 5. The zero-order chi connectivity index (χ0) is 6.81. The average molecular weight is 138 g/mol. The van der Waals surface area contributed by atoms with Crippen molar-refractivity contribution in [2.45, 2.75) is 32.1 Å². The van der Waals surface area contributed by atoms with E-state index in [0.29, 0.717) is 0 Å². The van der Waals surface area contributed by atoms with Crippen molar-refractivity contribution < 1.29 is 0 Å². The molecule has 0 aliphatic carbocycles. The molecule has 57 valence electrons. The fraction of sp³-hybridized carbons (Fsp3) is 0.889. The fourth-order valence-electron chi connectivity index (χ4n) is 2.10. The second kappa shape index (κ2) is 2.91. The van der Waals surface area contributed by atoms with Gasteiger partial charge in [-0.3, -0.25) is 4.90 Å². The predicted molar refractivity (Wildman–Crippen MR) is 42.4 cm³/mol. The molecule has 0 atom stereocenters. The molecule has 0 saturated carbocycles. The molecule has 1 nitrogen and oxygen atoms in total. The summed E-state index contributed by atoms with van der Waals surface area (Å²) in [6.07, 6.45) is 7.16. The van der Waals surface area contributed by atoms with Crippen LogP contribution in [-0.2, 0) is 0 Å². The van der Waals surface area contributed by atoms with Gasteiger partial charge in [0.05, 0.1) is 0 Å². The molecule has 3 rings (SSSR count). The van der Waals surface area contributed by atoms with Gasteiger partial charge in [-0.15, -0.1) is 0 Å². The molecule has 3 aliphatic rings. The van der Waals surface area contributed by atoms with Crippen LogP contribution in [0.15, 0.2) is 0 Å². The summed E-state index contributed by atoms with van der Waals surface area (Å²) in [5, 5.41) is 0. The lowest BCUT2D eigenvalue weighted by atomic mass is 9.89. The minimum atomic E-state index is 1.07. The predicted octanol–water partition coefficient (Wildman–Crippen LogP) is 2.04. The Balaban J connectivity index is 1.94. The van der Waals surface area contributed by atoms with Crippen LogP contribution in [0.1, 0.15) is 32.1 Å². The monoisotopic (exact) mass is 138 g/mol. The molecule has 1 heteroatoms. The van der Waals surface area contributed by atoms with Crippen LogP contribution >= 0.6 is 0 Å². The average Bonchev–Trinajstić information content (AvgIpc) is 1.89. The Morgan fingerprint density at radius 1 is 1.10 bits per heavy atom. The maximum absolute atomic E-state index is 2.51. The van der Waals surface area contributed by atoms with Gasteiger partial charge in [-0.05, 0) is 38.3 Å². The lowest BCUT2D eigenvalue weighted by Gasteiger charge is -2.34. The number of rotatable bonds is 0. The van der Waals surface area contributed by atoms with Crippen molar-refractivity contribution in [1.29, 1.82) is 0 Å². The zero-order valence-electron chi connectivity index (χ0n) is 6.55. The van der Waals surface area contributed by atoms with Crippen molar-refractivity contribution in [2.75, 3.05) is 13.1 Å². The second-order valence-electron chi connectivity index (χ2n) is 3.59. The molecule has 0 aromatic carbocycles. The van der Waals surface area contributed by atoms with Crippen molar-refractivity contribution >= 4 is 0 Å². The fourth-order valence-corrected chi connectivity index (χ4v) is 2.10. The molecule has 3 aliphatic heterocycles. The third kappa shape index (κ3) is 1.34. The van der Waals surface area contributed by atoms with Gasteiger partial charge in [-0.1, -0.05) is 12.8 Å². The molecular formula is C9H16N. The van der Waals surface area contributed by atoms with Crippen LogP contribution in [-0.4, -0.2) is 18.0 Å². The highest BCUT2D eigenvalue weighted by molar-refractivity contribution is 4.80. The Labute approximate surface area is 63.4 Å². The van der Waals surface area contributed by atoms with Crippen molar-refractivity contribution in [3.05, 3.63) is 6.54 Å². The van der Waals surface area contributed by atoms with Crippen LogP contribution in [0.25, 0.3) is 0 Å². The van der Waals surface area contributed by atoms with Crippen molar-refractivity contribution in [3.63, 3.8) is 0 Å². The van der Waals surface area contributed by atoms with Gasteiger partial charge < -0.3 is 0 Å². The molecule has 0 aromatic rings. The third-order valence-corrected chi connectivity index (χ3v) is 2.85. The van der Waals surface area contributed by atoms with Crippen LogP contribution in [0.2, 0.25) is 0 Å². The molecule has 0 unspecified atom stereocenters. The molecule has 3 fully saturated rings. The van der Waals surface area contributed by atoms with E-state index in [2.05, 4.69) is 11.4 Å². The van der Waals surface area contributed by atoms with E-state index in [0.717, 1.165) is 5.92 Å². The Morgan fingerprint density at radius 2 is 1.90 bits per heavy atom. The van der Waals surface area contributed by atoms with Gasteiger partial charge in [0.25, 0.3) is 0 Å². The Bertz CT molecular complexity index is 83.8. The highest BCUT2D eigenvalue weighted by Gasteiger charge is 2.20. The van der Waals surface area contributed by atoms with Crippen molar-refractivity contribution in [3.8, 4) is 0 Å². The first-order valence-electron chi connectivity index (χ1n) is 4.52. The van der Waals surface area contributed by atoms with E-state index < -0.39 is 0 Å². The van der Waals surface area contributed by atoms with Crippen LogP contribution in [0, 0.1) is 12.5 Å². The highest BCUT2D eigenvalue weighted by Crippen LogP contribution is 2.26. The van der Waals surface area contributed by atoms with Gasteiger partial charge in [0.2, 0.25) is 0 Å². The first-order chi connectivity index (χ1) is 4.95. The molecule has 2 bridgehead atoms. The molecule has 0 N–H and O–H groups in total. The van der Waals surface area contributed by atoms with Crippen LogP contribution < -0.4 is 0 Å². The number of piperidine rings is 1. The first kappa shape index (κ1) is 6.66.